The molecule has 0 amide bonds. The molecule has 0 saturated carbocycles. The molecule has 0 heterocycles. The van der Waals surface area contributed by atoms with Crippen LogP contribution in [0.3, 0.4) is 0 Å². The number of hydrogen-bond acceptors (Lipinski definition) is 2. The molecule has 0 bridgehead atoms. The van der Waals surface area contributed by atoms with E-state index < -0.39 is 12.1 Å². The molecule has 4 heteroatoms. The van der Waals surface area contributed by atoms with Gasteiger partial charge in [-0.2, -0.15) is 0 Å². The number of carbonyl (C=O) groups is 1. The van der Waals surface area contributed by atoms with Crippen LogP contribution in [0.15, 0.2) is 0 Å². The van der Waals surface area contributed by atoms with E-state index in [1.54, 1.807) is 0 Å². The molecule has 0 aliphatic rings. The second-order valence-electron chi connectivity index (χ2n) is 1.93. The average molecular weight is 172 g/mol. The van der Waals surface area contributed by atoms with Crippen molar-refractivity contribution >= 4 is 5.97 Å². The van der Waals surface area contributed by atoms with E-state index in [-0.39, 0.29) is 57.8 Å². The molecule has 0 saturated heterocycles. The zero-order valence-electron chi connectivity index (χ0n) is 6.39. The summed E-state index contributed by atoms with van der Waals surface area (Å²) in [6.45, 7) is 1.88. The van der Waals surface area contributed by atoms with Crippen LogP contribution >= 0.6 is 0 Å². The summed E-state index contributed by atoms with van der Waals surface area (Å²) < 4.78 is 12.1. The van der Waals surface area contributed by atoms with Gasteiger partial charge >= 0.3 is 51.4 Å². The molecule has 0 N–H and O–H groups in total. The van der Waals surface area contributed by atoms with Crippen molar-refractivity contribution in [2.75, 3.05) is 0 Å². The number of carboxylic acids is 1. The van der Waals surface area contributed by atoms with Crippen LogP contribution in [0.4, 0.5) is 4.39 Å². The van der Waals surface area contributed by atoms with Crippen molar-refractivity contribution in [1.29, 1.82) is 0 Å². The maximum absolute atomic E-state index is 12.1. The van der Waals surface area contributed by atoms with Gasteiger partial charge in [-0.3, -0.25) is 0 Å². The second kappa shape index (κ2) is 8.14. The fourth-order valence-electron chi connectivity index (χ4n) is 0.501. The van der Waals surface area contributed by atoms with E-state index >= 15 is 0 Å². The van der Waals surface area contributed by atoms with Crippen molar-refractivity contribution in [2.24, 2.45) is 0 Å². The summed E-state index contributed by atoms with van der Waals surface area (Å²) in [6.07, 6.45) is -0.272. The molecular formula is C6H10FKO2. The minimum absolute atomic E-state index is 0. The molecular weight excluding hydrogens is 162 g/mol. The van der Waals surface area contributed by atoms with Crippen molar-refractivity contribution in [3.8, 4) is 0 Å². The fourth-order valence-corrected chi connectivity index (χ4v) is 0.501. The second-order valence-corrected chi connectivity index (χ2v) is 1.93. The smallest absolute Gasteiger partial charge is 0.547 e. The van der Waals surface area contributed by atoms with Gasteiger partial charge in [-0.25, -0.2) is 4.39 Å². The Morgan fingerprint density at radius 2 is 2.20 bits per heavy atom. The van der Waals surface area contributed by atoms with Gasteiger partial charge in [-0.05, 0) is 6.42 Å². The van der Waals surface area contributed by atoms with Gasteiger partial charge in [0.2, 0.25) is 0 Å². The minimum Gasteiger partial charge on any atom is -0.547 e. The van der Waals surface area contributed by atoms with E-state index in [9.17, 15) is 14.3 Å². The number of carbonyl (C=O) groups excluding carboxylic acids is 1. The molecule has 1 atom stereocenters. The predicted molar refractivity (Wildman–Crippen MR) is 29.4 cm³/mol. The van der Waals surface area contributed by atoms with Crippen molar-refractivity contribution < 1.29 is 65.7 Å². The van der Waals surface area contributed by atoms with Gasteiger partial charge < -0.3 is 9.90 Å². The van der Waals surface area contributed by atoms with Gasteiger partial charge in [0.15, 0.2) is 0 Å². The van der Waals surface area contributed by atoms with Gasteiger partial charge in [0.05, 0.1) is 5.97 Å². The standard InChI is InChI=1S/C6H11FO2.K/c1-2-3-4-5(7)6(8)9;/h5H,2-4H2,1H3,(H,8,9);/q;+1/p-1. The summed E-state index contributed by atoms with van der Waals surface area (Å²) in [7, 11) is 0. The number of alkyl halides is 1. The predicted octanol–water partition coefficient (Wildman–Crippen LogP) is -2.73. The zero-order chi connectivity index (χ0) is 7.28. The SMILES string of the molecule is CCCCC(F)C(=O)[O-].[K+]. The van der Waals surface area contributed by atoms with Gasteiger partial charge in [-0.1, -0.05) is 19.8 Å². The van der Waals surface area contributed by atoms with Gasteiger partial charge in [0, 0.05) is 0 Å². The summed E-state index contributed by atoms with van der Waals surface area (Å²) in [5, 5.41) is 9.72. The third-order valence-corrected chi connectivity index (χ3v) is 1.07. The van der Waals surface area contributed by atoms with E-state index in [1.807, 2.05) is 6.92 Å². The van der Waals surface area contributed by atoms with Crippen LogP contribution in [0.5, 0.6) is 0 Å². The van der Waals surface area contributed by atoms with E-state index in [1.165, 1.54) is 0 Å². The molecule has 0 aromatic carbocycles. The Morgan fingerprint density at radius 3 is 2.50 bits per heavy atom. The first-order valence-corrected chi connectivity index (χ1v) is 3.03. The molecule has 54 valence electrons. The van der Waals surface area contributed by atoms with E-state index in [4.69, 9.17) is 0 Å². The monoisotopic (exact) mass is 172 g/mol. The number of hydrogen-bond donors (Lipinski definition) is 0. The van der Waals surface area contributed by atoms with Crippen molar-refractivity contribution in [2.45, 2.75) is 32.4 Å². The fraction of sp³-hybridized carbons (Fsp3) is 0.833. The maximum Gasteiger partial charge on any atom is 1.00 e. The van der Waals surface area contributed by atoms with Crippen LogP contribution in [-0.2, 0) is 4.79 Å². The maximum atomic E-state index is 12.1. The van der Waals surface area contributed by atoms with Crippen LogP contribution in [0.2, 0.25) is 0 Å². The Morgan fingerprint density at radius 1 is 1.70 bits per heavy atom. The molecule has 1 unspecified atom stereocenters. The molecule has 0 aromatic rings. The van der Waals surface area contributed by atoms with E-state index in [0.717, 1.165) is 6.42 Å². The number of unbranched alkanes of at least 4 members (excludes halogenated alkanes) is 1. The average Bonchev–Trinajstić information content (AvgIpc) is 1.82. The molecule has 2 nitrogen and oxygen atoms in total. The summed E-state index contributed by atoms with van der Waals surface area (Å²) >= 11 is 0. The van der Waals surface area contributed by atoms with Crippen LogP contribution in [-0.4, -0.2) is 12.1 Å². The molecule has 10 heavy (non-hydrogen) atoms. The first-order valence-electron chi connectivity index (χ1n) is 3.03. The Kier molecular flexibility index (Phi) is 11.1. The summed E-state index contributed by atoms with van der Waals surface area (Å²) in [6, 6.07) is 0. The molecule has 0 rings (SSSR count). The largest absolute Gasteiger partial charge is 1.00 e. The molecule has 0 aromatic heterocycles. The Labute approximate surface area is 103 Å². The third kappa shape index (κ3) is 7.15. The molecule has 0 fully saturated rings. The first kappa shape index (κ1) is 13.6. The number of aliphatic carboxylic acids is 1. The Balaban J connectivity index is 0. The minimum atomic E-state index is -1.77. The topological polar surface area (TPSA) is 40.1 Å². The van der Waals surface area contributed by atoms with Crippen molar-refractivity contribution in [1.82, 2.24) is 0 Å². The van der Waals surface area contributed by atoms with Crippen molar-refractivity contribution in [3.05, 3.63) is 0 Å². The normalized spacial score (nSPS) is 11.8. The van der Waals surface area contributed by atoms with Crippen LogP contribution < -0.4 is 56.5 Å². The molecule has 0 aliphatic carbocycles. The molecule has 0 radical (unpaired) electrons. The molecule has 0 spiro atoms. The molecule has 0 aliphatic heterocycles. The quantitative estimate of drug-likeness (QED) is 0.432. The van der Waals surface area contributed by atoms with E-state index in [0.29, 0.717) is 6.42 Å². The van der Waals surface area contributed by atoms with Crippen LogP contribution in [0.25, 0.3) is 0 Å². The first-order chi connectivity index (χ1) is 4.18. The van der Waals surface area contributed by atoms with Crippen molar-refractivity contribution in [3.63, 3.8) is 0 Å². The third-order valence-electron chi connectivity index (χ3n) is 1.07. The summed E-state index contributed by atoms with van der Waals surface area (Å²) in [4.78, 5) is 9.72. The number of rotatable bonds is 4. The Bertz CT molecular complexity index is 97.7. The summed E-state index contributed by atoms with van der Waals surface area (Å²) in [5.74, 6) is -1.59. The summed E-state index contributed by atoms with van der Waals surface area (Å²) in [5.41, 5.74) is 0. The number of carboxylic acid groups (broad SMARTS) is 1. The zero-order valence-corrected chi connectivity index (χ0v) is 9.52. The van der Waals surface area contributed by atoms with E-state index in [2.05, 4.69) is 0 Å². The van der Waals surface area contributed by atoms with Gasteiger partial charge in [0.1, 0.15) is 6.17 Å². The number of halogens is 1. The van der Waals surface area contributed by atoms with Crippen LogP contribution in [0, 0.1) is 0 Å². The van der Waals surface area contributed by atoms with Gasteiger partial charge in [-0.15, -0.1) is 0 Å². The Hall–Kier alpha value is 1.04. The van der Waals surface area contributed by atoms with Gasteiger partial charge in [0.25, 0.3) is 0 Å². The van der Waals surface area contributed by atoms with Crippen LogP contribution in [0.1, 0.15) is 26.2 Å².